The lowest BCUT2D eigenvalue weighted by Gasteiger charge is -2.31. The third-order valence-corrected chi connectivity index (χ3v) is 5.91. The number of hydrogen-bond donors (Lipinski definition) is 1. The van der Waals surface area contributed by atoms with Gasteiger partial charge in [-0.3, -0.25) is 0 Å². The number of piperazine rings is 1. The predicted octanol–water partition coefficient (Wildman–Crippen LogP) is 0.499. The summed E-state index contributed by atoms with van der Waals surface area (Å²) >= 11 is 3.48. The summed E-state index contributed by atoms with van der Waals surface area (Å²) in [6, 6.07) is 8.30. The zero-order valence-corrected chi connectivity index (χ0v) is 13.5. The van der Waals surface area contributed by atoms with Gasteiger partial charge in [0.25, 0.3) is 0 Å². The van der Waals surface area contributed by atoms with Crippen LogP contribution in [-0.2, 0) is 16.6 Å². The Morgan fingerprint density at radius 2 is 2.00 bits per heavy atom. The first-order valence-corrected chi connectivity index (χ1v) is 8.97. The van der Waals surface area contributed by atoms with E-state index in [0.717, 1.165) is 24.1 Å². The molecule has 0 amide bonds. The van der Waals surface area contributed by atoms with Crippen molar-refractivity contribution in [1.29, 1.82) is 0 Å². The van der Waals surface area contributed by atoms with Gasteiger partial charge in [0, 0.05) is 10.0 Å². The topological polar surface area (TPSA) is 41.8 Å². The SMILES string of the molecule is CCS(=O)(=O)N1CC[NH+](Cc2cccc(Br)c2)CC1. The molecule has 0 spiro atoms. The van der Waals surface area contributed by atoms with E-state index in [4.69, 9.17) is 0 Å². The van der Waals surface area contributed by atoms with Crippen LogP contribution >= 0.6 is 15.9 Å². The molecule has 0 bridgehead atoms. The number of hydrogen-bond acceptors (Lipinski definition) is 2. The average Bonchev–Trinajstić information content (AvgIpc) is 2.39. The molecule has 1 aromatic carbocycles. The molecule has 1 fully saturated rings. The summed E-state index contributed by atoms with van der Waals surface area (Å²) in [5, 5.41) is 0. The third-order valence-electron chi connectivity index (χ3n) is 3.53. The number of nitrogens with one attached hydrogen (secondary N) is 1. The third kappa shape index (κ3) is 4.02. The molecule has 1 aliphatic heterocycles. The molecule has 0 atom stereocenters. The van der Waals surface area contributed by atoms with E-state index in [1.165, 1.54) is 10.5 Å². The summed E-state index contributed by atoms with van der Waals surface area (Å²) in [7, 11) is -3.01. The van der Waals surface area contributed by atoms with Crippen molar-refractivity contribution in [2.45, 2.75) is 13.5 Å². The summed E-state index contributed by atoms with van der Waals surface area (Å²) < 4.78 is 26.3. The number of rotatable bonds is 4. The minimum Gasteiger partial charge on any atom is -0.329 e. The molecule has 0 unspecified atom stereocenters. The van der Waals surface area contributed by atoms with Gasteiger partial charge in [0.15, 0.2) is 0 Å². The number of benzene rings is 1. The van der Waals surface area contributed by atoms with E-state index in [1.807, 2.05) is 12.1 Å². The molecule has 106 valence electrons. The molecule has 0 aliphatic carbocycles. The monoisotopic (exact) mass is 347 g/mol. The van der Waals surface area contributed by atoms with Crippen molar-refractivity contribution in [2.24, 2.45) is 0 Å². The van der Waals surface area contributed by atoms with E-state index in [1.54, 1.807) is 11.2 Å². The van der Waals surface area contributed by atoms with E-state index in [-0.39, 0.29) is 5.75 Å². The lowest BCUT2D eigenvalue weighted by molar-refractivity contribution is -0.917. The van der Waals surface area contributed by atoms with Gasteiger partial charge in [-0.15, -0.1) is 0 Å². The highest BCUT2D eigenvalue weighted by Gasteiger charge is 2.27. The largest absolute Gasteiger partial charge is 0.329 e. The number of sulfonamides is 1. The second kappa shape index (κ2) is 6.35. The molecule has 0 aromatic heterocycles. The second-order valence-electron chi connectivity index (χ2n) is 4.86. The summed E-state index contributed by atoms with van der Waals surface area (Å²) in [6.07, 6.45) is 0. The van der Waals surface area contributed by atoms with Crippen molar-refractivity contribution in [3.8, 4) is 0 Å². The number of quaternary nitrogens is 1. The van der Waals surface area contributed by atoms with Crippen LogP contribution in [0.4, 0.5) is 0 Å². The van der Waals surface area contributed by atoms with Crippen molar-refractivity contribution in [3.63, 3.8) is 0 Å². The average molecular weight is 348 g/mol. The van der Waals surface area contributed by atoms with Gasteiger partial charge in [-0.2, -0.15) is 4.31 Å². The van der Waals surface area contributed by atoms with Crippen LogP contribution in [0, 0.1) is 0 Å². The highest BCUT2D eigenvalue weighted by Crippen LogP contribution is 2.10. The fraction of sp³-hybridized carbons (Fsp3) is 0.538. The molecule has 1 saturated heterocycles. The van der Waals surface area contributed by atoms with E-state index < -0.39 is 10.0 Å². The summed E-state index contributed by atoms with van der Waals surface area (Å²) in [6.45, 7) is 5.70. The quantitative estimate of drug-likeness (QED) is 0.861. The Kier molecular flexibility index (Phi) is 5.00. The molecule has 0 radical (unpaired) electrons. The lowest BCUT2D eigenvalue weighted by Crippen LogP contribution is -3.13. The van der Waals surface area contributed by atoms with Crippen LogP contribution in [0.3, 0.4) is 0 Å². The van der Waals surface area contributed by atoms with Crippen molar-refractivity contribution < 1.29 is 13.3 Å². The van der Waals surface area contributed by atoms with Crippen LogP contribution in [0.25, 0.3) is 0 Å². The lowest BCUT2D eigenvalue weighted by atomic mass is 10.2. The zero-order valence-electron chi connectivity index (χ0n) is 11.1. The van der Waals surface area contributed by atoms with Crippen molar-refractivity contribution in [1.82, 2.24) is 4.31 Å². The van der Waals surface area contributed by atoms with Gasteiger partial charge in [-0.05, 0) is 19.1 Å². The Balaban J connectivity index is 1.91. The van der Waals surface area contributed by atoms with Crippen molar-refractivity contribution in [3.05, 3.63) is 34.3 Å². The van der Waals surface area contributed by atoms with Crippen molar-refractivity contribution in [2.75, 3.05) is 31.9 Å². The van der Waals surface area contributed by atoms with Gasteiger partial charge in [0.1, 0.15) is 6.54 Å². The first-order valence-electron chi connectivity index (χ1n) is 6.57. The van der Waals surface area contributed by atoms with Gasteiger partial charge in [0.2, 0.25) is 10.0 Å². The molecule has 2 rings (SSSR count). The van der Waals surface area contributed by atoms with Crippen LogP contribution in [0.2, 0.25) is 0 Å². The van der Waals surface area contributed by atoms with Crippen LogP contribution in [0.1, 0.15) is 12.5 Å². The van der Waals surface area contributed by atoms with Gasteiger partial charge in [-0.1, -0.05) is 28.1 Å². The Hall–Kier alpha value is -0.430. The molecule has 0 saturated carbocycles. The fourth-order valence-electron chi connectivity index (χ4n) is 2.38. The first kappa shape index (κ1) is 15.0. The normalized spacial score (nSPS) is 18.6. The molecule has 19 heavy (non-hydrogen) atoms. The maximum atomic E-state index is 11.8. The van der Waals surface area contributed by atoms with E-state index >= 15 is 0 Å². The molecule has 1 N–H and O–H groups in total. The molecule has 4 nitrogen and oxygen atoms in total. The zero-order chi connectivity index (χ0) is 13.9. The smallest absolute Gasteiger partial charge is 0.214 e. The van der Waals surface area contributed by atoms with Crippen LogP contribution in [0.15, 0.2) is 28.7 Å². The molecule has 1 aromatic rings. The second-order valence-corrected chi connectivity index (χ2v) is 8.03. The molecule has 6 heteroatoms. The van der Waals surface area contributed by atoms with E-state index in [9.17, 15) is 8.42 Å². The molecule has 1 aliphatic rings. The summed E-state index contributed by atoms with van der Waals surface area (Å²) in [4.78, 5) is 1.45. The van der Waals surface area contributed by atoms with Gasteiger partial charge < -0.3 is 4.90 Å². The van der Waals surface area contributed by atoms with Crippen molar-refractivity contribution >= 4 is 26.0 Å². The minimum atomic E-state index is -3.01. The Labute approximate surface area is 123 Å². The molecular weight excluding hydrogens is 328 g/mol. The van der Waals surface area contributed by atoms with Gasteiger partial charge >= 0.3 is 0 Å². The molecule has 1 heterocycles. The Bertz CT molecular complexity index is 525. The number of halogens is 1. The molecular formula is C13H20BrN2O2S+. The van der Waals surface area contributed by atoms with Crippen LogP contribution < -0.4 is 4.90 Å². The highest BCUT2D eigenvalue weighted by molar-refractivity contribution is 9.10. The first-order chi connectivity index (χ1) is 9.01. The predicted molar refractivity (Wildman–Crippen MR) is 79.6 cm³/mol. The van der Waals surface area contributed by atoms with Gasteiger partial charge in [-0.25, -0.2) is 8.42 Å². The fourth-order valence-corrected chi connectivity index (χ4v) is 3.93. The maximum absolute atomic E-state index is 11.8. The number of nitrogens with zero attached hydrogens (tertiary/aromatic N) is 1. The minimum absolute atomic E-state index is 0.202. The standard InChI is InChI=1S/C13H19BrN2O2S/c1-2-19(17,18)16-8-6-15(7-9-16)11-12-4-3-5-13(14)10-12/h3-5,10H,2,6-9,11H2,1H3/p+1. The maximum Gasteiger partial charge on any atom is 0.214 e. The van der Waals surface area contributed by atoms with Gasteiger partial charge in [0.05, 0.1) is 31.9 Å². The Morgan fingerprint density at radius 1 is 1.32 bits per heavy atom. The van der Waals surface area contributed by atoms with Crippen LogP contribution in [-0.4, -0.2) is 44.7 Å². The summed E-state index contributed by atoms with van der Waals surface area (Å²) in [5.74, 6) is 0.202. The van der Waals surface area contributed by atoms with E-state index in [0.29, 0.717) is 13.1 Å². The highest BCUT2D eigenvalue weighted by atomic mass is 79.9. The Morgan fingerprint density at radius 3 is 2.58 bits per heavy atom. The summed E-state index contributed by atoms with van der Waals surface area (Å²) in [5.41, 5.74) is 1.29. The van der Waals surface area contributed by atoms with Crippen LogP contribution in [0.5, 0.6) is 0 Å². The van der Waals surface area contributed by atoms with E-state index in [2.05, 4.69) is 28.1 Å².